The van der Waals surface area contributed by atoms with Gasteiger partial charge in [-0.05, 0) is 57.8 Å². The third-order valence-corrected chi connectivity index (χ3v) is 19.8. The summed E-state index contributed by atoms with van der Waals surface area (Å²) in [4.78, 5) is 13.4. The van der Waals surface area contributed by atoms with Gasteiger partial charge in [-0.15, -0.1) is 0 Å². The van der Waals surface area contributed by atoms with Crippen LogP contribution >= 0.6 is 0 Å². The fourth-order valence-corrected chi connectivity index (χ4v) is 13.4. The maximum Gasteiger partial charge on any atom is 0.220 e. The van der Waals surface area contributed by atoms with E-state index in [1.807, 2.05) is 6.08 Å². The summed E-state index contributed by atoms with van der Waals surface area (Å²) in [7, 11) is 0. The maximum absolute atomic E-state index is 13.4. The van der Waals surface area contributed by atoms with Gasteiger partial charge >= 0.3 is 0 Å². The monoisotopic (exact) mass is 1350 g/mol. The van der Waals surface area contributed by atoms with E-state index in [0.717, 1.165) is 51.4 Å². The van der Waals surface area contributed by atoms with Crippen LogP contribution < -0.4 is 5.32 Å². The second-order valence-corrected chi connectivity index (χ2v) is 28.5. The van der Waals surface area contributed by atoms with Crippen LogP contribution in [-0.4, -0.2) is 140 Å². The first kappa shape index (κ1) is 89.0. The molecule has 2 fully saturated rings. The number of hydrogen-bond donors (Lipinski definition) is 9. The van der Waals surface area contributed by atoms with Crippen molar-refractivity contribution < 1.29 is 64.6 Å². The zero-order chi connectivity index (χ0) is 68.7. The quantitative estimate of drug-likeness (QED) is 0.0204. The maximum atomic E-state index is 13.4. The van der Waals surface area contributed by atoms with Crippen molar-refractivity contribution in [3.05, 3.63) is 48.6 Å². The third kappa shape index (κ3) is 48.4. The molecule has 0 aromatic rings. The third-order valence-electron chi connectivity index (χ3n) is 19.8. The van der Waals surface area contributed by atoms with Crippen LogP contribution in [0.4, 0.5) is 0 Å². The highest BCUT2D eigenvalue weighted by atomic mass is 16.7. The molecule has 0 aliphatic carbocycles. The van der Waals surface area contributed by atoms with Gasteiger partial charge in [0.05, 0.1) is 32.0 Å². The number of aliphatic hydroxyl groups excluding tert-OH is 8. The molecule has 2 aliphatic rings. The topological polar surface area (TPSA) is 228 Å². The number of ether oxygens (including phenoxy) is 4. The Kier molecular flexibility index (Phi) is 61.2. The first-order valence-corrected chi connectivity index (χ1v) is 40.4. The molecule has 12 unspecified atom stereocenters. The molecule has 9 N–H and O–H groups in total. The van der Waals surface area contributed by atoms with Crippen LogP contribution in [-0.2, 0) is 23.7 Å². The van der Waals surface area contributed by atoms with E-state index >= 15 is 0 Å². The standard InChI is InChI=1S/C81H151NO13/c1-3-5-7-9-11-13-15-17-19-21-23-25-26-27-28-29-30-31-32-33-34-35-36-37-38-39-40-41-42-43-44-45-47-49-51-53-55-57-59-61-63-65-73(86)82-69(70(85)64-62-60-58-56-54-52-50-48-46-24-22-20-18-16-14-12-10-8-6-4-2)68-92-80-78(91)76(89)79(72(67-84)94-80)95-81-77(90)75(88)74(87)71(66-83)93-81/h15,17,21,23,26-27,62,64,69-72,74-81,83-85,87-91H,3-14,16,18-20,22,24-25,28-61,63,65-68H2,1-2H3,(H,82,86)/b17-15-,23-21-,27-26-,64-62+. The molecule has 2 rings (SSSR count). The zero-order valence-electron chi connectivity index (χ0n) is 61.2. The summed E-state index contributed by atoms with van der Waals surface area (Å²) in [6, 6.07) is -0.914. The Labute approximate surface area is 582 Å². The summed E-state index contributed by atoms with van der Waals surface area (Å²) in [5.41, 5.74) is 0. The Morgan fingerprint density at radius 1 is 0.379 bits per heavy atom. The molecule has 0 saturated carbocycles. The van der Waals surface area contributed by atoms with Crippen LogP contribution in [0.25, 0.3) is 0 Å². The Hall–Kier alpha value is -2.05. The van der Waals surface area contributed by atoms with Crippen molar-refractivity contribution in [3.8, 4) is 0 Å². The average Bonchev–Trinajstić information content (AvgIpc) is 0.897. The second-order valence-electron chi connectivity index (χ2n) is 28.5. The van der Waals surface area contributed by atoms with Crippen molar-refractivity contribution in [2.75, 3.05) is 19.8 Å². The molecule has 14 nitrogen and oxygen atoms in total. The summed E-state index contributed by atoms with van der Waals surface area (Å²) >= 11 is 0. The Bertz CT molecular complexity index is 1780. The number of allylic oxidation sites excluding steroid dienone is 7. The Morgan fingerprint density at radius 2 is 0.695 bits per heavy atom. The first-order valence-electron chi connectivity index (χ1n) is 40.4. The SMILES string of the molecule is CCCCCCC/C=C\C/C=C\C/C=C\CCCCCCCCCCCCCCCCCCCCCCCCCCCCC(=O)NC(COC1OC(CO)C(OC2OC(CO)C(O)C(O)C2O)C(O)C1O)C(O)/C=C/CCCCCCCCCCCCCCCCCCCC. The summed E-state index contributed by atoms with van der Waals surface area (Å²) < 4.78 is 22.9. The molecule has 2 aliphatic heterocycles. The lowest BCUT2D eigenvalue weighted by Crippen LogP contribution is -2.65. The van der Waals surface area contributed by atoms with Crippen LogP contribution in [0.15, 0.2) is 48.6 Å². The van der Waals surface area contributed by atoms with E-state index in [1.54, 1.807) is 6.08 Å². The first-order chi connectivity index (χ1) is 46.6. The summed E-state index contributed by atoms with van der Waals surface area (Å²) in [6.45, 7) is 2.84. The molecule has 14 heteroatoms. The minimum Gasteiger partial charge on any atom is -0.394 e. The number of aliphatic hydroxyl groups is 8. The second kappa shape index (κ2) is 65.3. The molecule has 0 bridgehead atoms. The van der Waals surface area contributed by atoms with Gasteiger partial charge in [-0.1, -0.05) is 351 Å². The molecular weight excluding hydrogens is 1190 g/mol. The number of nitrogens with one attached hydrogen (secondary N) is 1. The number of carbonyl (C=O) groups excluding carboxylic acids is 1. The molecule has 558 valence electrons. The highest BCUT2D eigenvalue weighted by Gasteiger charge is 2.51. The molecule has 2 heterocycles. The van der Waals surface area contributed by atoms with Crippen molar-refractivity contribution in [1.82, 2.24) is 5.32 Å². The Balaban J connectivity index is 1.55. The molecule has 12 atom stereocenters. The molecule has 0 aromatic heterocycles. The van der Waals surface area contributed by atoms with Gasteiger partial charge in [-0.2, -0.15) is 0 Å². The van der Waals surface area contributed by atoms with Crippen molar-refractivity contribution in [2.24, 2.45) is 0 Å². The minimum absolute atomic E-state index is 0.232. The van der Waals surface area contributed by atoms with E-state index in [9.17, 15) is 45.6 Å². The lowest BCUT2D eigenvalue weighted by atomic mass is 9.97. The molecular formula is C81H151NO13. The van der Waals surface area contributed by atoms with E-state index in [-0.39, 0.29) is 18.9 Å². The van der Waals surface area contributed by atoms with Gasteiger partial charge < -0.3 is 65.1 Å². The molecule has 0 aromatic carbocycles. The predicted molar refractivity (Wildman–Crippen MR) is 392 cm³/mol. The number of unbranched alkanes of at least 4 members (excludes halogenated alkanes) is 49. The van der Waals surface area contributed by atoms with Gasteiger partial charge in [0.15, 0.2) is 12.6 Å². The van der Waals surface area contributed by atoms with E-state index in [2.05, 4.69) is 55.6 Å². The van der Waals surface area contributed by atoms with Gasteiger partial charge in [-0.25, -0.2) is 0 Å². The van der Waals surface area contributed by atoms with Gasteiger partial charge in [0, 0.05) is 6.42 Å². The smallest absolute Gasteiger partial charge is 0.220 e. The summed E-state index contributed by atoms with van der Waals surface area (Å²) in [5.74, 6) is -0.232. The molecule has 1 amide bonds. The molecule has 0 spiro atoms. The van der Waals surface area contributed by atoms with E-state index < -0.39 is 86.8 Å². The van der Waals surface area contributed by atoms with Crippen molar-refractivity contribution in [2.45, 2.75) is 441 Å². The van der Waals surface area contributed by atoms with E-state index in [0.29, 0.717) is 6.42 Å². The lowest BCUT2D eigenvalue weighted by molar-refractivity contribution is -0.359. The lowest BCUT2D eigenvalue weighted by Gasteiger charge is -2.46. The number of rotatable bonds is 68. The van der Waals surface area contributed by atoms with E-state index in [4.69, 9.17) is 18.9 Å². The van der Waals surface area contributed by atoms with Crippen molar-refractivity contribution in [3.63, 3.8) is 0 Å². The number of carbonyl (C=O) groups is 1. The minimum atomic E-state index is -1.79. The van der Waals surface area contributed by atoms with Crippen LogP contribution in [0.1, 0.15) is 367 Å². The van der Waals surface area contributed by atoms with Gasteiger partial charge in [0.25, 0.3) is 0 Å². The predicted octanol–water partition coefficient (Wildman–Crippen LogP) is 18.2. The summed E-state index contributed by atoms with van der Waals surface area (Å²) in [6.07, 6.45) is 70.6. The normalized spacial score (nSPS) is 22.5. The zero-order valence-corrected chi connectivity index (χ0v) is 61.2. The molecule has 2 saturated heterocycles. The Morgan fingerprint density at radius 3 is 1.06 bits per heavy atom. The largest absolute Gasteiger partial charge is 0.394 e. The number of hydrogen-bond acceptors (Lipinski definition) is 13. The van der Waals surface area contributed by atoms with Crippen LogP contribution in [0.5, 0.6) is 0 Å². The summed E-state index contributed by atoms with van der Waals surface area (Å²) in [5, 5.41) is 87.6. The van der Waals surface area contributed by atoms with Gasteiger partial charge in [0.1, 0.15) is 48.8 Å². The van der Waals surface area contributed by atoms with Crippen molar-refractivity contribution >= 4 is 5.91 Å². The van der Waals surface area contributed by atoms with Crippen LogP contribution in [0.2, 0.25) is 0 Å². The highest BCUT2D eigenvalue weighted by molar-refractivity contribution is 5.76. The van der Waals surface area contributed by atoms with Crippen LogP contribution in [0, 0.1) is 0 Å². The molecule has 95 heavy (non-hydrogen) atoms. The number of amides is 1. The highest BCUT2D eigenvalue weighted by Crippen LogP contribution is 2.30. The fourth-order valence-electron chi connectivity index (χ4n) is 13.4. The molecule has 0 radical (unpaired) electrons. The van der Waals surface area contributed by atoms with Crippen LogP contribution in [0.3, 0.4) is 0 Å². The average molecular weight is 1350 g/mol. The van der Waals surface area contributed by atoms with Crippen molar-refractivity contribution in [1.29, 1.82) is 0 Å². The van der Waals surface area contributed by atoms with E-state index in [1.165, 1.54) is 289 Å². The van der Waals surface area contributed by atoms with Gasteiger partial charge in [0.2, 0.25) is 5.91 Å². The van der Waals surface area contributed by atoms with Gasteiger partial charge in [-0.3, -0.25) is 4.79 Å². The fraction of sp³-hybridized carbons (Fsp3) is 0.889.